The zero-order valence-electron chi connectivity index (χ0n) is 12.9. The molecule has 1 aliphatic heterocycles. The van der Waals surface area contributed by atoms with Gasteiger partial charge in [0.2, 0.25) is 5.91 Å². The average molecular weight is 313 g/mol. The van der Waals surface area contributed by atoms with Crippen LogP contribution >= 0.6 is 11.8 Å². The van der Waals surface area contributed by atoms with Gasteiger partial charge in [-0.1, -0.05) is 45.4 Å². The Morgan fingerprint density at radius 1 is 1.14 bits per heavy atom. The lowest BCUT2D eigenvalue weighted by Crippen LogP contribution is -2.48. The third-order valence-corrected chi connectivity index (χ3v) is 5.98. The highest BCUT2D eigenvalue weighted by molar-refractivity contribution is 8.00. The van der Waals surface area contributed by atoms with Crippen molar-refractivity contribution >= 4 is 23.6 Å². The van der Waals surface area contributed by atoms with Gasteiger partial charge >= 0.3 is 5.97 Å². The molecule has 1 amide bonds. The van der Waals surface area contributed by atoms with Gasteiger partial charge in [0.05, 0.1) is 5.37 Å². The van der Waals surface area contributed by atoms with Crippen LogP contribution in [0.25, 0.3) is 0 Å². The number of hydrogen-bond acceptors (Lipinski definition) is 3. The van der Waals surface area contributed by atoms with Crippen molar-refractivity contribution in [2.24, 2.45) is 5.92 Å². The van der Waals surface area contributed by atoms with Crippen molar-refractivity contribution < 1.29 is 14.7 Å². The number of carboxylic acids is 1. The minimum Gasteiger partial charge on any atom is -0.480 e. The van der Waals surface area contributed by atoms with E-state index in [9.17, 15) is 14.7 Å². The fourth-order valence-electron chi connectivity index (χ4n) is 3.43. The second-order valence-electron chi connectivity index (χ2n) is 6.22. The van der Waals surface area contributed by atoms with Crippen LogP contribution in [0.3, 0.4) is 0 Å². The van der Waals surface area contributed by atoms with E-state index >= 15 is 0 Å². The van der Waals surface area contributed by atoms with Gasteiger partial charge in [-0.25, -0.2) is 4.79 Å². The number of rotatable bonds is 4. The zero-order valence-corrected chi connectivity index (χ0v) is 13.7. The van der Waals surface area contributed by atoms with Crippen LogP contribution in [0, 0.1) is 5.92 Å². The maximum Gasteiger partial charge on any atom is 0.327 e. The van der Waals surface area contributed by atoms with Gasteiger partial charge in [-0.05, 0) is 19.3 Å². The quantitative estimate of drug-likeness (QED) is 0.863. The summed E-state index contributed by atoms with van der Waals surface area (Å²) in [4.78, 5) is 26.1. The fourth-order valence-corrected chi connectivity index (χ4v) is 4.95. The molecule has 0 aromatic heterocycles. The molecule has 0 radical (unpaired) electrons. The Hall–Kier alpha value is -0.710. The summed E-state index contributed by atoms with van der Waals surface area (Å²) in [5.41, 5.74) is 0. The zero-order chi connectivity index (χ0) is 15.2. The minimum atomic E-state index is -0.847. The molecular formula is C16H27NO3S. The van der Waals surface area contributed by atoms with Gasteiger partial charge in [0.15, 0.2) is 0 Å². The summed E-state index contributed by atoms with van der Waals surface area (Å²) in [6.45, 7) is 2.09. The fraction of sp³-hybridized carbons (Fsp3) is 0.875. The molecular weight excluding hydrogens is 286 g/mol. The first-order valence-corrected chi connectivity index (χ1v) is 9.36. The monoisotopic (exact) mass is 313 g/mol. The lowest BCUT2D eigenvalue weighted by Gasteiger charge is -2.31. The molecule has 21 heavy (non-hydrogen) atoms. The van der Waals surface area contributed by atoms with Gasteiger partial charge in [-0.3, -0.25) is 4.79 Å². The predicted octanol–water partition coefficient (Wildman–Crippen LogP) is 3.50. The largest absolute Gasteiger partial charge is 0.480 e. The van der Waals surface area contributed by atoms with E-state index in [1.165, 1.54) is 19.3 Å². The van der Waals surface area contributed by atoms with Crippen LogP contribution in [0.5, 0.6) is 0 Å². The minimum absolute atomic E-state index is 0.0465. The maximum absolute atomic E-state index is 12.9. The first-order valence-electron chi connectivity index (χ1n) is 8.31. The van der Waals surface area contributed by atoms with Crippen molar-refractivity contribution in [3.63, 3.8) is 0 Å². The molecule has 2 atom stereocenters. The maximum atomic E-state index is 12.9. The smallest absolute Gasteiger partial charge is 0.327 e. The molecule has 2 fully saturated rings. The van der Waals surface area contributed by atoms with E-state index in [1.807, 2.05) is 0 Å². The van der Waals surface area contributed by atoms with Crippen molar-refractivity contribution in [3.8, 4) is 0 Å². The third kappa shape index (κ3) is 4.15. The van der Waals surface area contributed by atoms with Crippen molar-refractivity contribution in [1.82, 2.24) is 4.90 Å². The number of carbonyl (C=O) groups excluding carboxylic acids is 1. The summed E-state index contributed by atoms with van der Waals surface area (Å²) in [7, 11) is 0. The van der Waals surface area contributed by atoms with E-state index < -0.39 is 12.0 Å². The van der Waals surface area contributed by atoms with Crippen molar-refractivity contribution in [2.45, 2.75) is 76.1 Å². The number of amides is 1. The van der Waals surface area contributed by atoms with Crippen LogP contribution in [-0.2, 0) is 9.59 Å². The van der Waals surface area contributed by atoms with Gasteiger partial charge in [0.1, 0.15) is 6.04 Å². The molecule has 1 aliphatic carbocycles. The SMILES string of the molecule is CCCC1SCC(C(=O)O)N1C(=O)C1CCCCCCC1. The van der Waals surface area contributed by atoms with Gasteiger partial charge in [-0.15, -0.1) is 11.8 Å². The first kappa shape index (κ1) is 16.7. The Morgan fingerprint density at radius 2 is 1.76 bits per heavy atom. The van der Waals surface area contributed by atoms with Crippen LogP contribution in [0.2, 0.25) is 0 Å². The predicted molar refractivity (Wildman–Crippen MR) is 85.2 cm³/mol. The molecule has 0 bridgehead atoms. The third-order valence-electron chi connectivity index (χ3n) is 4.62. The summed E-state index contributed by atoms with van der Waals surface area (Å²) in [6.07, 6.45) is 9.65. The second kappa shape index (κ2) is 8.06. The Morgan fingerprint density at radius 3 is 2.33 bits per heavy atom. The van der Waals surface area contributed by atoms with Gasteiger partial charge in [-0.2, -0.15) is 0 Å². The molecule has 0 aromatic rings. The number of aliphatic carboxylic acids is 1. The highest BCUT2D eigenvalue weighted by Gasteiger charge is 2.42. The van der Waals surface area contributed by atoms with E-state index in [1.54, 1.807) is 16.7 Å². The van der Waals surface area contributed by atoms with Gasteiger partial charge < -0.3 is 10.0 Å². The Kier molecular flexibility index (Phi) is 6.40. The summed E-state index contributed by atoms with van der Waals surface area (Å²) in [6, 6.07) is -0.621. The van der Waals surface area contributed by atoms with Crippen LogP contribution in [0.4, 0.5) is 0 Å². The second-order valence-corrected chi connectivity index (χ2v) is 7.43. The standard InChI is InChI=1S/C16H27NO3S/c1-2-8-14-17(13(11-21-14)16(19)20)15(18)12-9-6-4-3-5-7-10-12/h12-14H,2-11H2,1H3,(H,19,20). The van der Waals surface area contributed by atoms with E-state index in [2.05, 4.69) is 6.92 Å². The average Bonchev–Trinajstić information content (AvgIpc) is 2.82. The molecule has 1 heterocycles. The van der Waals surface area contributed by atoms with E-state index in [0.717, 1.165) is 38.5 Å². The molecule has 2 unspecified atom stereocenters. The molecule has 2 rings (SSSR count). The number of carboxylic acid groups (broad SMARTS) is 1. The summed E-state index contributed by atoms with van der Waals surface area (Å²) < 4.78 is 0. The van der Waals surface area contributed by atoms with Crippen molar-refractivity contribution in [2.75, 3.05) is 5.75 Å². The van der Waals surface area contributed by atoms with Crippen molar-refractivity contribution in [3.05, 3.63) is 0 Å². The van der Waals surface area contributed by atoms with Gasteiger partial charge in [0.25, 0.3) is 0 Å². The van der Waals surface area contributed by atoms with Crippen molar-refractivity contribution in [1.29, 1.82) is 0 Å². The summed E-state index contributed by atoms with van der Waals surface area (Å²) in [5, 5.41) is 9.47. The highest BCUT2D eigenvalue weighted by Crippen LogP contribution is 2.35. The Balaban J connectivity index is 2.09. The lowest BCUT2D eigenvalue weighted by atomic mass is 9.89. The molecule has 1 saturated carbocycles. The number of nitrogens with zero attached hydrogens (tertiary/aromatic N) is 1. The summed E-state index contributed by atoms with van der Waals surface area (Å²) >= 11 is 1.64. The number of thioether (sulfide) groups is 1. The molecule has 1 saturated heterocycles. The molecule has 0 aromatic carbocycles. The highest BCUT2D eigenvalue weighted by atomic mass is 32.2. The molecule has 5 heteroatoms. The summed E-state index contributed by atoms with van der Waals surface area (Å²) in [5.74, 6) is -0.156. The van der Waals surface area contributed by atoms with Crippen LogP contribution in [0.15, 0.2) is 0 Å². The molecule has 120 valence electrons. The van der Waals surface area contributed by atoms with E-state index in [-0.39, 0.29) is 17.2 Å². The van der Waals surface area contributed by atoms with E-state index in [4.69, 9.17) is 0 Å². The number of carbonyl (C=O) groups is 2. The first-order chi connectivity index (χ1) is 10.1. The Bertz CT molecular complexity index is 367. The normalized spacial score (nSPS) is 28.1. The topological polar surface area (TPSA) is 57.6 Å². The van der Waals surface area contributed by atoms with E-state index in [0.29, 0.717) is 5.75 Å². The molecule has 0 spiro atoms. The molecule has 4 nitrogen and oxygen atoms in total. The van der Waals surface area contributed by atoms with Crippen LogP contribution in [0.1, 0.15) is 64.7 Å². The Labute approximate surface area is 131 Å². The van der Waals surface area contributed by atoms with Crippen LogP contribution < -0.4 is 0 Å². The van der Waals surface area contributed by atoms with Crippen LogP contribution in [-0.4, -0.2) is 39.1 Å². The molecule has 1 N–H and O–H groups in total. The van der Waals surface area contributed by atoms with Gasteiger partial charge in [0, 0.05) is 11.7 Å². The number of hydrogen-bond donors (Lipinski definition) is 1. The lowest BCUT2D eigenvalue weighted by molar-refractivity contribution is -0.151. The molecule has 2 aliphatic rings.